The fraction of sp³-hybridized carbons (Fsp3) is 0.500. The van der Waals surface area contributed by atoms with Crippen LogP contribution in [0.3, 0.4) is 0 Å². The minimum atomic E-state index is -2.25. The number of hydrogen-bond acceptors (Lipinski definition) is 3. The van der Waals surface area contributed by atoms with Crippen molar-refractivity contribution in [3.05, 3.63) is 24.4 Å². The highest BCUT2D eigenvalue weighted by molar-refractivity contribution is 7.93. The molecule has 0 saturated carbocycles. The van der Waals surface area contributed by atoms with E-state index in [0.717, 1.165) is 12.8 Å². The summed E-state index contributed by atoms with van der Waals surface area (Å²) in [5, 5.41) is 0.607. The zero-order valence-corrected chi connectivity index (χ0v) is 9.46. The minimum absolute atomic E-state index is 0.607. The van der Waals surface area contributed by atoms with Crippen LogP contribution in [0, 0.1) is 0 Å². The molecular formula is C10H16N2OS. The molecule has 0 saturated heterocycles. The third-order valence-electron chi connectivity index (χ3n) is 2.03. The van der Waals surface area contributed by atoms with Crippen LogP contribution in [0.2, 0.25) is 0 Å². The SMILES string of the molecule is CCCCS(=O)(=NC)c1ccccn1. The van der Waals surface area contributed by atoms with E-state index in [1.54, 1.807) is 19.3 Å². The molecule has 4 heteroatoms. The molecule has 1 unspecified atom stereocenters. The summed E-state index contributed by atoms with van der Waals surface area (Å²) in [7, 11) is -0.650. The van der Waals surface area contributed by atoms with Crippen molar-refractivity contribution in [1.29, 1.82) is 0 Å². The van der Waals surface area contributed by atoms with E-state index >= 15 is 0 Å². The van der Waals surface area contributed by atoms with E-state index < -0.39 is 9.73 Å². The Morgan fingerprint density at radius 1 is 1.50 bits per heavy atom. The third-order valence-corrected chi connectivity index (χ3v) is 4.36. The molecule has 1 atom stereocenters. The zero-order chi connectivity index (χ0) is 10.4. The maximum atomic E-state index is 12.3. The zero-order valence-electron chi connectivity index (χ0n) is 8.64. The normalized spacial score (nSPS) is 14.7. The summed E-state index contributed by atoms with van der Waals surface area (Å²) in [5.74, 6) is 0.608. The molecule has 1 heterocycles. The number of pyridine rings is 1. The van der Waals surface area contributed by atoms with Gasteiger partial charge in [0.15, 0.2) is 0 Å². The van der Waals surface area contributed by atoms with E-state index in [1.165, 1.54) is 0 Å². The Hall–Kier alpha value is -0.900. The Bertz CT molecular complexity index is 380. The van der Waals surface area contributed by atoms with E-state index in [4.69, 9.17) is 0 Å². The molecule has 1 rings (SSSR count). The van der Waals surface area contributed by atoms with Crippen LogP contribution in [0.25, 0.3) is 0 Å². The molecule has 14 heavy (non-hydrogen) atoms. The summed E-state index contributed by atoms with van der Waals surface area (Å²) in [6, 6.07) is 5.45. The van der Waals surface area contributed by atoms with Crippen molar-refractivity contribution >= 4 is 9.73 Å². The number of nitrogens with zero attached hydrogens (tertiary/aromatic N) is 2. The molecule has 1 aromatic heterocycles. The molecule has 0 aromatic carbocycles. The van der Waals surface area contributed by atoms with Crippen LogP contribution in [-0.2, 0) is 9.73 Å². The lowest BCUT2D eigenvalue weighted by Gasteiger charge is -2.06. The molecule has 0 aliphatic heterocycles. The minimum Gasteiger partial charge on any atom is -0.246 e. The van der Waals surface area contributed by atoms with Crippen LogP contribution in [0.15, 0.2) is 33.8 Å². The van der Waals surface area contributed by atoms with E-state index in [9.17, 15) is 4.21 Å². The van der Waals surface area contributed by atoms with Crippen molar-refractivity contribution in [3.8, 4) is 0 Å². The lowest BCUT2D eigenvalue weighted by atomic mass is 10.4. The number of rotatable bonds is 4. The van der Waals surface area contributed by atoms with Gasteiger partial charge in [-0.25, -0.2) is 13.6 Å². The molecule has 0 aliphatic rings. The number of unbranched alkanes of at least 4 members (excludes halogenated alkanes) is 1. The Balaban J connectivity index is 2.98. The van der Waals surface area contributed by atoms with Gasteiger partial charge in [-0.2, -0.15) is 0 Å². The first-order valence-electron chi connectivity index (χ1n) is 4.77. The Morgan fingerprint density at radius 3 is 2.79 bits per heavy atom. The van der Waals surface area contributed by atoms with E-state index in [1.807, 2.05) is 12.1 Å². The summed E-state index contributed by atoms with van der Waals surface area (Å²) in [4.78, 5) is 4.11. The molecule has 3 nitrogen and oxygen atoms in total. The summed E-state index contributed by atoms with van der Waals surface area (Å²) in [6.07, 6.45) is 3.61. The standard InChI is InChI=1S/C10H16N2OS/c1-3-4-9-14(13,11-2)10-7-5-6-8-12-10/h5-8H,3-4,9H2,1-2H3. The Labute approximate surface area is 85.8 Å². The first-order chi connectivity index (χ1) is 6.73. The summed E-state index contributed by atoms with van der Waals surface area (Å²) in [6.45, 7) is 2.08. The van der Waals surface area contributed by atoms with Gasteiger partial charge in [0, 0.05) is 19.0 Å². The van der Waals surface area contributed by atoms with Crippen LogP contribution in [0.5, 0.6) is 0 Å². The molecule has 0 aliphatic carbocycles. The highest BCUT2D eigenvalue weighted by Gasteiger charge is 2.11. The van der Waals surface area contributed by atoms with Gasteiger partial charge in [-0.1, -0.05) is 19.4 Å². The van der Waals surface area contributed by atoms with Crippen LogP contribution < -0.4 is 0 Å². The maximum Gasteiger partial charge on any atom is 0.135 e. The van der Waals surface area contributed by atoms with Gasteiger partial charge >= 0.3 is 0 Å². The van der Waals surface area contributed by atoms with Crippen LogP contribution >= 0.6 is 0 Å². The molecule has 0 N–H and O–H groups in total. The van der Waals surface area contributed by atoms with E-state index in [2.05, 4.69) is 16.3 Å². The molecular weight excluding hydrogens is 196 g/mol. The predicted molar refractivity (Wildman–Crippen MR) is 58.8 cm³/mol. The monoisotopic (exact) mass is 212 g/mol. The van der Waals surface area contributed by atoms with Crippen LogP contribution in [-0.4, -0.2) is 22.0 Å². The van der Waals surface area contributed by atoms with Gasteiger partial charge in [-0.3, -0.25) is 0 Å². The van der Waals surface area contributed by atoms with Gasteiger partial charge in [0.05, 0.1) is 9.73 Å². The molecule has 1 aromatic rings. The van der Waals surface area contributed by atoms with Crippen molar-refractivity contribution < 1.29 is 4.21 Å². The highest BCUT2D eigenvalue weighted by atomic mass is 32.2. The fourth-order valence-electron chi connectivity index (χ4n) is 1.17. The first-order valence-corrected chi connectivity index (χ1v) is 6.45. The van der Waals surface area contributed by atoms with Gasteiger partial charge in [-0.15, -0.1) is 0 Å². The van der Waals surface area contributed by atoms with E-state index in [0.29, 0.717) is 10.8 Å². The van der Waals surface area contributed by atoms with Crippen LogP contribution in [0.4, 0.5) is 0 Å². The predicted octanol–water partition coefficient (Wildman–Crippen LogP) is 2.34. The Kier molecular flexibility index (Phi) is 4.07. The molecule has 78 valence electrons. The smallest absolute Gasteiger partial charge is 0.135 e. The van der Waals surface area contributed by atoms with Gasteiger partial charge < -0.3 is 0 Å². The quantitative estimate of drug-likeness (QED) is 0.768. The lowest BCUT2D eigenvalue weighted by Crippen LogP contribution is -2.08. The second-order valence-corrected chi connectivity index (χ2v) is 5.52. The molecule has 0 fully saturated rings. The molecule has 0 radical (unpaired) electrons. The summed E-state index contributed by atoms with van der Waals surface area (Å²) in [5.41, 5.74) is 0. The Morgan fingerprint density at radius 2 is 2.29 bits per heavy atom. The molecule has 0 spiro atoms. The maximum absolute atomic E-state index is 12.3. The average Bonchev–Trinajstić information content (AvgIpc) is 2.27. The average molecular weight is 212 g/mol. The lowest BCUT2D eigenvalue weighted by molar-refractivity contribution is 0.669. The number of aromatic nitrogens is 1. The summed E-state index contributed by atoms with van der Waals surface area (Å²) >= 11 is 0. The second kappa shape index (κ2) is 5.10. The van der Waals surface area contributed by atoms with Gasteiger partial charge in [0.1, 0.15) is 5.03 Å². The van der Waals surface area contributed by atoms with Gasteiger partial charge in [0.25, 0.3) is 0 Å². The second-order valence-electron chi connectivity index (χ2n) is 3.05. The van der Waals surface area contributed by atoms with Crippen molar-refractivity contribution in [2.75, 3.05) is 12.8 Å². The fourth-order valence-corrected chi connectivity index (χ4v) is 2.94. The largest absolute Gasteiger partial charge is 0.246 e. The van der Waals surface area contributed by atoms with Crippen molar-refractivity contribution in [1.82, 2.24) is 4.98 Å². The third kappa shape index (κ3) is 2.54. The topological polar surface area (TPSA) is 42.3 Å². The highest BCUT2D eigenvalue weighted by Crippen LogP contribution is 2.11. The first kappa shape index (κ1) is 11.2. The van der Waals surface area contributed by atoms with Gasteiger partial charge in [-0.05, 0) is 18.6 Å². The van der Waals surface area contributed by atoms with E-state index in [-0.39, 0.29) is 0 Å². The molecule has 0 bridgehead atoms. The molecule has 0 amide bonds. The van der Waals surface area contributed by atoms with Crippen molar-refractivity contribution in [2.24, 2.45) is 4.36 Å². The number of hydrogen-bond donors (Lipinski definition) is 0. The van der Waals surface area contributed by atoms with Gasteiger partial charge in [0.2, 0.25) is 0 Å². The van der Waals surface area contributed by atoms with Crippen molar-refractivity contribution in [2.45, 2.75) is 24.8 Å². The van der Waals surface area contributed by atoms with Crippen LogP contribution in [0.1, 0.15) is 19.8 Å². The summed E-state index contributed by atoms with van der Waals surface area (Å²) < 4.78 is 16.3. The van der Waals surface area contributed by atoms with Crippen molar-refractivity contribution in [3.63, 3.8) is 0 Å².